The molecule has 2 rings (SSSR count). The summed E-state index contributed by atoms with van der Waals surface area (Å²) < 4.78 is 25.4. The molecule has 0 aromatic heterocycles. The zero-order chi connectivity index (χ0) is 20.7. The van der Waals surface area contributed by atoms with Crippen LogP contribution in [0.15, 0.2) is 59.5 Å². The molecule has 152 valence electrons. The molecule has 0 aliphatic rings. The van der Waals surface area contributed by atoms with E-state index in [1.807, 2.05) is 18.2 Å². The Hall–Kier alpha value is -2.38. The average molecular weight is 404 g/mol. The second-order valence-electron chi connectivity index (χ2n) is 7.08. The predicted molar refractivity (Wildman–Crippen MR) is 112 cm³/mol. The third-order valence-electron chi connectivity index (χ3n) is 4.58. The average Bonchev–Trinajstić information content (AvgIpc) is 2.68. The summed E-state index contributed by atoms with van der Waals surface area (Å²) in [5.74, 6) is 0. The third kappa shape index (κ3) is 5.81. The molecule has 2 aromatic carbocycles. The van der Waals surface area contributed by atoms with E-state index >= 15 is 0 Å². The summed E-state index contributed by atoms with van der Waals surface area (Å²) in [6.07, 6.45) is 1.83. The molecular formula is C21H29N3O3S. The van der Waals surface area contributed by atoms with Gasteiger partial charge >= 0.3 is 6.03 Å². The van der Waals surface area contributed by atoms with E-state index in [2.05, 4.69) is 12.1 Å². The van der Waals surface area contributed by atoms with Gasteiger partial charge < -0.3 is 9.80 Å². The summed E-state index contributed by atoms with van der Waals surface area (Å²) in [7, 11) is 3.12. The fourth-order valence-corrected chi connectivity index (χ4v) is 3.77. The number of nitrogens with zero attached hydrogens (tertiary/aromatic N) is 3. The van der Waals surface area contributed by atoms with Crippen molar-refractivity contribution in [2.75, 3.05) is 34.7 Å². The highest BCUT2D eigenvalue weighted by molar-refractivity contribution is 7.89. The number of urea groups is 1. The van der Waals surface area contributed by atoms with Crippen molar-refractivity contribution in [3.8, 4) is 0 Å². The van der Waals surface area contributed by atoms with Crippen LogP contribution in [-0.4, -0.2) is 63.3 Å². The zero-order valence-electron chi connectivity index (χ0n) is 17.0. The molecule has 6 nitrogen and oxygen atoms in total. The monoisotopic (exact) mass is 403 g/mol. The molecular weight excluding hydrogens is 374 g/mol. The van der Waals surface area contributed by atoms with Crippen molar-refractivity contribution in [2.24, 2.45) is 0 Å². The van der Waals surface area contributed by atoms with Crippen molar-refractivity contribution in [2.45, 2.75) is 24.3 Å². The molecule has 0 N–H and O–H groups in total. The van der Waals surface area contributed by atoms with Crippen molar-refractivity contribution >= 4 is 16.1 Å². The quantitative estimate of drug-likeness (QED) is 0.681. The van der Waals surface area contributed by atoms with Crippen molar-refractivity contribution in [1.29, 1.82) is 0 Å². The smallest absolute Gasteiger partial charge is 0.319 e. The fraction of sp³-hybridized carbons (Fsp3) is 0.381. The molecule has 0 heterocycles. The van der Waals surface area contributed by atoms with Crippen LogP contribution in [-0.2, 0) is 23.0 Å². The molecule has 0 unspecified atom stereocenters. The second-order valence-corrected chi connectivity index (χ2v) is 9.23. The molecule has 28 heavy (non-hydrogen) atoms. The summed E-state index contributed by atoms with van der Waals surface area (Å²) >= 11 is 0. The summed E-state index contributed by atoms with van der Waals surface area (Å²) in [5, 5.41) is 0. The van der Waals surface area contributed by atoms with Gasteiger partial charge in [0.25, 0.3) is 0 Å². The largest absolute Gasteiger partial charge is 0.328 e. The number of rotatable bonds is 8. The van der Waals surface area contributed by atoms with Gasteiger partial charge in [-0.15, -0.1) is 0 Å². The van der Waals surface area contributed by atoms with Crippen LogP contribution in [0.2, 0.25) is 0 Å². The minimum Gasteiger partial charge on any atom is -0.328 e. The van der Waals surface area contributed by atoms with Crippen LogP contribution in [0.1, 0.15) is 17.5 Å². The van der Waals surface area contributed by atoms with E-state index in [1.54, 1.807) is 48.2 Å². The lowest BCUT2D eigenvalue weighted by atomic mass is 10.1. The van der Waals surface area contributed by atoms with Gasteiger partial charge in [-0.2, -0.15) is 0 Å². The molecule has 0 saturated carbocycles. The normalized spacial score (nSPS) is 11.5. The Morgan fingerprint density at radius 1 is 0.821 bits per heavy atom. The topological polar surface area (TPSA) is 60.9 Å². The Morgan fingerprint density at radius 2 is 1.43 bits per heavy atom. The summed E-state index contributed by atoms with van der Waals surface area (Å²) in [5.41, 5.74) is 2.15. The number of hydrogen-bond acceptors (Lipinski definition) is 3. The second kappa shape index (κ2) is 9.71. The number of sulfonamides is 1. The Bertz CT molecular complexity index is 866. The number of carbonyl (C=O) groups is 1. The van der Waals surface area contributed by atoms with Crippen LogP contribution < -0.4 is 0 Å². The van der Waals surface area contributed by atoms with E-state index in [9.17, 15) is 13.2 Å². The molecule has 2 amide bonds. The number of aryl methyl sites for hydroxylation is 1. The van der Waals surface area contributed by atoms with E-state index in [-0.39, 0.29) is 10.9 Å². The summed E-state index contributed by atoms with van der Waals surface area (Å²) in [6, 6.07) is 16.8. The highest BCUT2D eigenvalue weighted by Gasteiger charge is 2.18. The van der Waals surface area contributed by atoms with Gasteiger partial charge in [-0.3, -0.25) is 0 Å². The molecule has 7 heteroatoms. The molecule has 2 aromatic rings. The van der Waals surface area contributed by atoms with Gasteiger partial charge in [0.2, 0.25) is 10.0 Å². The highest BCUT2D eigenvalue weighted by Crippen LogP contribution is 2.15. The zero-order valence-corrected chi connectivity index (χ0v) is 17.8. The molecule has 0 fully saturated rings. The first kappa shape index (κ1) is 21.9. The maximum absolute atomic E-state index is 12.6. The highest BCUT2D eigenvalue weighted by atomic mass is 32.2. The minimum atomic E-state index is -3.44. The van der Waals surface area contributed by atoms with Crippen LogP contribution in [0.5, 0.6) is 0 Å². The summed E-state index contributed by atoms with van der Waals surface area (Å²) in [6.45, 7) is 1.10. The molecule has 0 bridgehead atoms. The molecule has 0 aliphatic carbocycles. The maximum atomic E-state index is 12.6. The Labute approximate surface area is 168 Å². The van der Waals surface area contributed by atoms with Gasteiger partial charge in [-0.05, 0) is 36.1 Å². The Morgan fingerprint density at radius 3 is 2.00 bits per heavy atom. The van der Waals surface area contributed by atoms with Crippen molar-refractivity contribution in [3.05, 3.63) is 65.7 Å². The third-order valence-corrected chi connectivity index (χ3v) is 6.41. The molecule has 0 spiro atoms. The lowest BCUT2D eigenvalue weighted by Gasteiger charge is -2.25. The lowest BCUT2D eigenvalue weighted by molar-refractivity contribution is 0.170. The first-order valence-electron chi connectivity index (χ1n) is 9.23. The van der Waals surface area contributed by atoms with E-state index in [0.717, 1.165) is 18.4 Å². The molecule has 0 radical (unpaired) electrons. The Kier molecular flexibility index (Phi) is 7.60. The number of amides is 2. The van der Waals surface area contributed by atoms with E-state index < -0.39 is 10.0 Å². The molecule has 0 saturated heterocycles. The molecule has 0 atom stereocenters. The lowest BCUT2D eigenvalue weighted by Crippen LogP contribution is -2.38. The first-order chi connectivity index (χ1) is 13.2. The SMILES string of the molecule is CN(CCCc1ccccc1)C(=O)N(C)Cc1ccc(S(=O)(=O)N(C)C)cc1. The number of hydrogen-bond donors (Lipinski definition) is 0. The van der Waals surface area contributed by atoms with Crippen LogP contribution in [0, 0.1) is 0 Å². The van der Waals surface area contributed by atoms with Crippen LogP contribution in [0.4, 0.5) is 4.79 Å². The number of carbonyl (C=O) groups excluding carboxylic acids is 1. The van der Waals surface area contributed by atoms with Crippen LogP contribution in [0.3, 0.4) is 0 Å². The molecule has 0 aliphatic heterocycles. The minimum absolute atomic E-state index is 0.0574. The van der Waals surface area contributed by atoms with Gasteiger partial charge in [0, 0.05) is 41.3 Å². The summed E-state index contributed by atoms with van der Waals surface area (Å²) in [4.78, 5) is 16.2. The maximum Gasteiger partial charge on any atom is 0.319 e. The number of benzene rings is 2. The van der Waals surface area contributed by atoms with Gasteiger partial charge in [0.1, 0.15) is 0 Å². The van der Waals surface area contributed by atoms with Gasteiger partial charge in [0.05, 0.1) is 4.90 Å². The fourth-order valence-electron chi connectivity index (χ4n) is 2.87. The van der Waals surface area contributed by atoms with E-state index in [4.69, 9.17) is 0 Å². The van der Waals surface area contributed by atoms with Gasteiger partial charge in [0.15, 0.2) is 0 Å². The van der Waals surface area contributed by atoms with Crippen LogP contribution in [0.25, 0.3) is 0 Å². The first-order valence-corrected chi connectivity index (χ1v) is 10.7. The van der Waals surface area contributed by atoms with Crippen molar-refractivity contribution in [1.82, 2.24) is 14.1 Å². The van der Waals surface area contributed by atoms with E-state index in [1.165, 1.54) is 24.0 Å². The Balaban J connectivity index is 1.87. The standard InChI is InChI=1S/C21H29N3O3S/c1-22(2)28(26,27)20-14-12-19(13-15-20)17-24(4)21(25)23(3)16-8-11-18-9-6-5-7-10-18/h5-7,9-10,12-15H,8,11,16-17H2,1-4H3. The van der Waals surface area contributed by atoms with Crippen molar-refractivity contribution < 1.29 is 13.2 Å². The van der Waals surface area contributed by atoms with Gasteiger partial charge in [-0.25, -0.2) is 17.5 Å². The van der Waals surface area contributed by atoms with Gasteiger partial charge in [-0.1, -0.05) is 42.5 Å². The van der Waals surface area contributed by atoms with Crippen molar-refractivity contribution in [3.63, 3.8) is 0 Å². The van der Waals surface area contributed by atoms with E-state index in [0.29, 0.717) is 13.1 Å². The van der Waals surface area contributed by atoms with Crippen LogP contribution >= 0.6 is 0 Å². The predicted octanol–water partition coefficient (Wildman–Crippen LogP) is 3.05.